The first-order valence-corrected chi connectivity index (χ1v) is 7.04. The van der Waals surface area contributed by atoms with E-state index in [1.54, 1.807) is 13.8 Å². The Morgan fingerprint density at radius 3 is 1.44 bits per heavy atom. The zero-order valence-corrected chi connectivity index (χ0v) is 12.3. The summed E-state index contributed by atoms with van der Waals surface area (Å²) in [5, 5.41) is 23.5. The fourth-order valence-corrected chi connectivity index (χ4v) is 1.23. The van der Waals surface area contributed by atoms with Crippen LogP contribution in [0.3, 0.4) is 0 Å². The Morgan fingerprint density at radius 2 is 1.11 bits per heavy atom. The smallest absolute Gasteiger partial charge is 0.303 e. The number of carboxylic acids is 1. The van der Waals surface area contributed by atoms with Gasteiger partial charge in [-0.15, -0.1) is 0 Å². The number of aliphatic hydroxyl groups is 2. The van der Waals surface area contributed by atoms with Gasteiger partial charge in [-0.05, 0) is 20.3 Å². The third-order valence-corrected chi connectivity index (χ3v) is 1.99. The van der Waals surface area contributed by atoms with E-state index in [0.717, 1.165) is 12.8 Å². The van der Waals surface area contributed by atoms with Crippen molar-refractivity contribution in [1.29, 1.82) is 0 Å². The molecule has 0 atom stereocenters. The fourth-order valence-electron chi connectivity index (χ4n) is 1.23. The summed E-state index contributed by atoms with van der Waals surface area (Å²) < 4.78 is 0. The molecular formula is C14H32O4. The van der Waals surface area contributed by atoms with Gasteiger partial charge in [-0.1, -0.05) is 45.4 Å². The minimum atomic E-state index is -0.663. The van der Waals surface area contributed by atoms with Crippen molar-refractivity contribution in [3.8, 4) is 0 Å². The van der Waals surface area contributed by atoms with Crippen LogP contribution >= 0.6 is 0 Å². The lowest BCUT2D eigenvalue weighted by molar-refractivity contribution is -0.137. The van der Waals surface area contributed by atoms with Gasteiger partial charge in [0.05, 0.1) is 0 Å². The number of carbonyl (C=O) groups is 1. The number of hydrogen-bond donors (Lipinski definition) is 3. The predicted molar refractivity (Wildman–Crippen MR) is 75.8 cm³/mol. The van der Waals surface area contributed by atoms with Gasteiger partial charge < -0.3 is 15.3 Å². The first kappa shape index (κ1) is 22.6. The van der Waals surface area contributed by atoms with Gasteiger partial charge in [-0.25, -0.2) is 0 Å². The Bertz CT molecular complexity index is 136. The van der Waals surface area contributed by atoms with Crippen LogP contribution in [0, 0.1) is 0 Å². The summed E-state index contributed by atoms with van der Waals surface area (Å²) >= 11 is 0. The molecule has 3 N–H and O–H groups in total. The molecule has 0 bridgehead atoms. The number of aliphatic carboxylic acids is 1. The molecule has 4 heteroatoms. The molecular weight excluding hydrogens is 232 g/mol. The highest BCUT2D eigenvalue weighted by molar-refractivity contribution is 5.66. The maximum atomic E-state index is 10.1. The topological polar surface area (TPSA) is 77.8 Å². The lowest BCUT2D eigenvalue weighted by atomic mass is 10.1. The predicted octanol–water partition coefficient (Wildman–Crippen LogP) is 3.21. The van der Waals surface area contributed by atoms with Crippen LogP contribution in [0.1, 0.15) is 72.1 Å². The number of aliphatic hydroxyl groups excluding tert-OH is 2. The van der Waals surface area contributed by atoms with Gasteiger partial charge in [0, 0.05) is 19.6 Å². The van der Waals surface area contributed by atoms with Crippen molar-refractivity contribution in [2.75, 3.05) is 13.2 Å². The SMILES string of the molecule is CCCCCCCCCC(=O)O.CCO.CCO. The van der Waals surface area contributed by atoms with Crippen molar-refractivity contribution in [3.63, 3.8) is 0 Å². The minimum absolute atomic E-state index is 0.250. The summed E-state index contributed by atoms with van der Waals surface area (Å²) in [5.74, 6) is -0.663. The zero-order chi connectivity index (χ0) is 14.6. The molecule has 18 heavy (non-hydrogen) atoms. The Hall–Kier alpha value is -0.610. The van der Waals surface area contributed by atoms with Crippen molar-refractivity contribution in [2.45, 2.75) is 72.1 Å². The van der Waals surface area contributed by atoms with Gasteiger partial charge in [0.15, 0.2) is 0 Å². The molecule has 0 aromatic heterocycles. The van der Waals surface area contributed by atoms with E-state index in [-0.39, 0.29) is 13.2 Å². The van der Waals surface area contributed by atoms with Crippen LogP contribution in [-0.2, 0) is 4.79 Å². The number of rotatable bonds is 8. The first-order chi connectivity index (χ1) is 8.60. The highest BCUT2D eigenvalue weighted by Gasteiger charge is 1.95. The quantitative estimate of drug-likeness (QED) is 0.588. The van der Waals surface area contributed by atoms with E-state index in [1.165, 1.54) is 32.1 Å². The average Bonchev–Trinajstić information content (AvgIpc) is 2.29. The van der Waals surface area contributed by atoms with Crippen LogP contribution in [0.5, 0.6) is 0 Å². The van der Waals surface area contributed by atoms with Crippen LogP contribution in [0.2, 0.25) is 0 Å². The van der Waals surface area contributed by atoms with Gasteiger partial charge in [-0.2, -0.15) is 0 Å². The van der Waals surface area contributed by atoms with Crippen molar-refractivity contribution >= 4 is 5.97 Å². The first-order valence-electron chi connectivity index (χ1n) is 7.04. The van der Waals surface area contributed by atoms with E-state index in [4.69, 9.17) is 15.3 Å². The fraction of sp³-hybridized carbons (Fsp3) is 0.929. The Balaban J connectivity index is -0.000000315. The van der Waals surface area contributed by atoms with Crippen molar-refractivity contribution in [2.24, 2.45) is 0 Å². The van der Waals surface area contributed by atoms with Gasteiger partial charge in [0.2, 0.25) is 0 Å². The monoisotopic (exact) mass is 264 g/mol. The summed E-state index contributed by atoms with van der Waals surface area (Å²) in [5.41, 5.74) is 0. The molecule has 0 aromatic carbocycles. The van der Waals surface area contributed by atoms with Crippen molar-refractivity contribution in [1.82, 2.24) is 0 Å². The molecule has 112 valence electrons. The van der Waals surface area contributed by atoms with Gasteiger partial charge in [0.1, 0.15) is 0 Å². The normalized spacial score (nSPS) is 8.72. The molecule has 0 aromatic rings. The molecule has 0 saturated carbocycles. The van der Waals surface area contributed by atoms with Crippen LogP contribution in [0.25, 0.3) is 0 Å². The second kappa shape index (κ2) is 25.3. The Kier molecular flexibility index (Phi) is 31.7. The van der Waals surface area contributed by atoms with Crippen LogP contribution in [0.4, 0.5) is 0 Å². The third kappa shape index (κ3) is 45.3. The number of hydrogen-bond acceptors (Lipinski definition) is 3. The standard InChI is InChI=1S/C10H20O2.2C2H6O/c1-2-3-4-5-6-7-8-9-10(11)12;2*1-2-3/h2-9H2,1H3,(H,11,12);2*3H,2H2,1H3. The largest absolute Gasteiger partial charge is 0.481 e. The minimum Gasteiger partial charge on any atom is -0.481 e. The second-order valence-corrected chi connectivity index (χ2v) is 3.90. The molecule has 0 fully saturated rings. The van der Waals surface area contributed by atoms with Gasteiger partial charge in [-0.3, -0.25) is 4.79 Å². The summed E-state index contributed by atoms with van der Waals surface area (Å²) in [7, 11) is 0. The van der Waals surface area contributed by atoms with E-state index in [0.29, 0.717) is 6.42 Å². The van der Waals surface area contributed by atoms with E-state index in [2.05, 4.69) is 6.92 Å². The molecule has 4 nitrogen and oxygen atoms in total. The lowest BCUT2D eigenvalue weighted by Gasteiger charge is -1.98. The molecule has 0 radical (unpaired) electrons. The van der Waals surface area contributed by atoms with Crippen molar-refractivity contribution in [3.05, 3.63) is 0 Å². The zero-order valence-electron chi connectivity index (χ0n) is 12.3. The Morgan fingerprint density at radius 1 is 0.778 bits per heavy atom. The third-order valence-electron chi connectivity index (χ3n) is 1.99. The highest BCUT2D eigenvalue weighted by Crippen LogP contribution is 2.07. The van der Waals surface area contributed by atoms with Crippen LogP contribution in [-0.4, -0.2) is 34.5 Å². The Labute approximate surface area is 112 Å². The summed E-state index contributed by atoms with van der Waals surface area (Å²) in [6.45, 7) is 6.06. The van der Waals surface area contributed by atoms with E-state index in [9.17, 15) is 4.79 Å². The molecule has 0 saturated heterocycles. The summed E-state index contributed by atoms with van der Waals surface area (Å²) in [6, 6.07) is 0. The second-order valence-electron chi connectivity index (χ2n) is 3.90. The molecule has 0 rings (SSSR count). The van der Waals surface area contributed by atoms with Crippen LogP contribution in [0.15, 0.2) is 0 Å². The lowest BCUT2D eigenvalue weighted by Crippen LogP contribution is -1.93. The number of carboxylic acid groups (broad SMARTS) is 1. The van der Waals surface area contributed by atoms with E-state index in [1.807, 2.05) is 0 Å². The van der Waals surface area contributed by atoms with Crippen LogP contribution < -0.4 is 0 Å². The average molecular weight is 264 g/mol. The summed E-state index contributed by atoms with van der Waals surface area (Å²) in [4.78, 5) is 10.1. The molecule has 0 aliphatic carbocycles. The molecule has 0 amide bonds. The molecule has 0 heterocycles. The molecule has 0 aliphatic heterocycles. The maximum absolute atomic E-state index is 10.1. The van der Waals surface area contributed by atoms with E-state index >= 15 is 0 Å². The van der Waals surface area contributed by atoms with E-state index < -0.39 is 5.97 Å². The molecule has 0 aliphatic rings. The molecule has 0 spiro atoms. The maximum Gasteiger partial charge on any atom is 0.303 e. The van der Waals surface area contributed by atoms with Crippen molar-refractivity contribution < 1.29 is 20.1 Å². The molecule has 0 unspecified atom stereocenters. The summed E-state index contributed by atoms with van der Waals surface area (Å²) in [6.07, 6.45) is 8.64. The van der Waals surface area contributed by atoms with Gasteiger partial charge in [0.25, 0.3) is 0 Å². The number of unbranched alkanes of at least 4 members (excludes halogenated alkanes) is 6. The highest BCUT2D eigenvalue weighted by atomic mass is 16.4. The van der Waals surface area contributed by atoms with Gasteiger partial charge >= 0.3 is 5.97 Å².